The number of hydrogen-bond acceptors (Lipinski definition) is 4. The first-order valence-electron chi connectivity index (χ1n) is 5.69. The monoisotopic (exact) mass is 262 g/mol. The van der Waals surface area contributed by atoms with E-state index < -0.39 is 0 Å². The van der Waals surface area contributed by atoms with Crippen LogP contribution in [0.1, 0.15) is 5.69 Å². The van der Waals surface area contributed by atoms with Gasteiger partial charge in [-0.2, -0.15) is 0 Å². The lowest BCUT2D eigenvalue weighted by Crippen LogP contribution is -2.22. The topological polar surface area (TPSA) is 55.0 Å². The lowest BCUT2D eigenvalue weighted by Gasteiger charge is -2.19. The quantitative estimate of drug-likeness (QED) is 0.919. The van der Waals surface area contributed by atoms with E-state index in [4.69, 9.17) is 17.3 Å². The lowest BCUT2D eigenvalue weighted by molar-refractivity contribution is 0.839. The predicted molar refractivity (Wildman–Crippen MR) is 74.9 cm³/mol. The highest BCUT2D eigenvalue weighted by Gasteiger charge is 2.08. The Morgan fingerprint density at radius 3 is 2.83 bits per heavy atom. The maximum atomic E-state index is 6.11. The van der Waals surface area contributed by atoms with E-state index in [2.05, 4.69) is 9.97 Å². The molecule has 4 nitrogen and oxygen atoms in total. The van der Waals surface area contributed by atoms with Crippen molar-refractivity contribution >= 4 is 23.1 Å². The minimum absolute atomic E-state index is 0.568. The van der Waals surface area contributed by atoms with Gasteiger partial charge in [-0.25, -0.2) is 4.98 Å². The van der Waals surface area contributed by atoms with Crippen LogP contribution in [0.2, 0.25) is 5.02 Å². The first-order valence-corrected chi connectivity index (χ1v) is 6.06. The number of pyridine rings is 2. The summed E-state index contributed by atoms with van der Waals surface area (Å²) in [4.78, 5) is 10.5. The van der Waals surface area contributed by atoms with Crippen molar-refractivity contribution in [1.29, 1.82) is 0 Å². The number of rotatable bonds is 4. The van der Waals surface area contributed by atoms with Gasteiger partial charge in [0.15, 0.2) is 0 Å². The molecule has 0 atom stereocenters. The molecular weight excluding hydrogens is 248 g/mol. The van der Waals surface area contributed by atoms with Crippen LogP contribution in [-0.2, 0) is 6.42 Å². The number of aromatic nitrogens is 2. The Balaban J connectivity index is 2.01. The Labute approximate surface area is 111 Å². The minimum atomic E-state index is 0.568. The Bertz CT molecular complexity index is 516. The molecule has 0 fully saturated rings. The molecule has 0 aliphatic heterocycles. The Hall–Kier alpha value is -1.81. The molecule has 2 heterocycles. The molecule has 0 spiro atoms. The van der Waals surface area contributed by atoms with Gasteiger partial charge in [0.2, 0.25) is 0 Å². The molecule has 0 amide bonds. The van der Waals surface area contributed by atoms with E-state index >= 15 is 0 Å². The van der Waals surface area contributed by atoms with Gasteiger partial charge in [0.25, 0.3) is 0 Å². The largest absolute Gasteiger partial charge is 0.397 e. The van der Waals surface area contributed by atoms with E-state index in [1.807, 2.05) is 30.1 Å². The highest BCUT2D eigenvalue weighted by molar-refractivity contribution is 6.33. The molecular formula is C13H15ClN4. The van der Waals surface area contributed by atoms with E-state index in [1.54, 1.807) is 18.5 Å². The van der Waals surface area contributed by atoms with Gasteiger partial charge in [0.1, 0.15) is 5.82 Å². The summed E-state index contributed by atoms with van der Waals surface area (Å²) in [6.45, 7) is 0.799. The molecule has 0 aliphatic carbocycles. The fourth-order valence-corrected chi connectivity index (χ4v) is 1.98. The zero-order chi connectivity index (χ0) is 13.0. The molecule has 94 valence electrons. The number of likely N-dealkylation sites (N-methyl/N-ethyl adjacent to an activating group) is 1. The van der Waals surface area contributed by atoms with Crippen LogP contribution in [0.3, 0.4) is 0 Å². The number of anilines is 2. The van der Waals surface area contributed by atoms with Crippen molar-refractivity contribution in [3.63, 3.8) is 0 Å². The molecule has 0 aliphatic rings. The van der Waals surface area contributed by atoms with Crippen molar-refractivity contribution in [2.75, 3.05) is 24.2 Å². The van der Waals surface area contributed by atoms with Gasteiger partial charge in [0.05, 0.1) is 16.9 Å². The van der Waals surface area contributed by atoms with E-state index in [-0.39, 0.29) is 0 Å². The molecule has 0 saturated heterocycles. The normalized spacial score (nSPS) is 10.3. The molecule has 2 aromatic rings. The maximum Gasteiger partial charge on any atom is 0.147 e. The molecule has 2 aromatic heterocycles. The van der Waals surface area contributed by atoms with Crippen LogP contribution in [0, 0.1) is 0 Å². The van der Waals surface area contributed by atoms with Crippen molar-refractivity contribution in [1.82, 2.24) is 9.97 Å². The van der Waals surface area contributed by atoms with Crippen LogP contribution in [-0.4, -0.2) is 23.6 Å². The summed E-state index contributed by atoms with van der Waals surface area (Å²) in [5.41, 5.74) is 7.24. The summed E-state index contributed by atoms with van der Waals surface area (Å²) in [6.07, 6.45) is 4.25. The third kappa shape index (κ3) is 3.11. The molecule has 0 saturated carbocycles. The van der Waals surface area contributed by atoms with Crippen LogP contribution >= 0.6 is 11.6 Å². The fraction of sp³-hybridized carbons (Fsp3) is 0.231. The third-order valence-corrected chi connectivity index (χ3v) is 2.91. The molecule has 0 unspecified atom stereocenters. The molecule has 0 aromatic carbocycles. The van der Waals surface area contributed by atoms with E-state index in [0.29, 0.717) is 10.7 Å². The Morgan fingerprint density at radius 1 is 1.33 bits per heavy atom. The van der Waals surface area contributed by atoms with Crippen LogP contribution in [0.25, 0.3) is 0 Å². The summed E-state index contributed by atoms with van der Waals surface area (Å²) in [7, 11) is 1.95. The van der Waals surface area contributed by atoms with Crippen LogP contribution in [0.15, 0.2) is 36.7 Å². The standard InChI is InChI=1S/C13H15ClN4/c1-18(7-5-11-4-2-3-6-16-11)13-12(14)8-10(15)9-17-13/h2-4,6,8-9H,5,7,15H2,1H3. The second kappa shape index (κ2) is 5.69. The van der Waals surface area contributed by atoms with Gasteiger partial charge < -0.3 is 10.6 Å². The fourth-order valence-electron chi connectivity index (χ4n) is 1.66. The van der Waals surface area contributed by atoms with Crippen LogP contribution < -0.4 is 10.6 Å². The summed E-state index contributed by atoms with van der Waals surface area (Å²) in [5, 5.41) is 0.568. The van der Waals surface area contributed by atoms with E-state index in [1.165, 1.54) is 0 Å². The van der Waals surface area contributed by atoms with Crippen LogP contribution in [0.4, 0.5) is 11.5 Å². The molecule has 18 heavy (non-hydrogen) atoms. The zero-order valence-electron chi connectivity index (χ0n) is 10.2. The van der Waals surface area contributed by atoms with Gasteiger partial charge in [-0.3, -0.25) is 4.98 Å². The van der Waals surface area contributed by atoms with Gasteiger partial charge in [0, 0.05) is 31.9 Å². The summed E-state index contributed by atoms with van der Waals surface area (Å²) in [6, 6.07) is 7.61. The highest BCUT2D eigenvalue weighted by atomic mass is 35.5. The SMILES string of the molecule is CN(CCc1ccccn1)c1ncc(N)cc1Cl. The molecule has 0 bridgehead atoms. The number of halogens is 1. The number of nitrogens with zero attached hydrogens (tertiary/aromatic N) is 3. The van der Waals surface area contributed by atoms with E-state index in [9.17, 15) is 0 Å². The molecule has 0 radical (unpaired) electrons. The number of nitrogen functional groups attached to an aromatic ring is 1. The van der Waals surface area contributed by atoms with E-state index in [0.717, 1.165) is 24.5 Å². The van der Waals surface area contributed by atoms with Crippen molar-refractivity contribution < 1.29 is 0 Å². The summed E-state index contributed by atoms with van der Waals surface area (Å²) < 4.78 is 0. The first-order chi connectivity index (χ1) is 8.66. The number of hydrogen-bond donors (Lipinski definition) is 1. The lowest BCUT2D eigenvalue weighted by atomic mass is 10.2. The van der Waals surface area contributed by atoms with Gasteiger partial charge in [-0.05, 0) is 18.2 Å². The van der Waals surface area contributed by atoms with Gasteiger partial charge in [-0.15, -0.1) is 0 Å². The van der Waals surface area contributed by atoms with Crippen molar-refractivity contribution in [2.45, 2.75) is 6.42 Å². The smallest absolute Gasteiger partial charge is 0.147 e. The number of nitrogens with two attached hydrogens (primary N) is 1. The maximum absolute atomic E-state index is 6.11. The van der Waals surface area contributed by atoms with Crippen molar-refractivity contribution in [3.8, 4) is 0 Å². The average Bonchev–Trinajstić information content (AvgIpc) is 2.37. The molecule has 5 heteroatoms. The second-order valence-corrected chi connectivity index (χ2v) is 4.47. The predicted octanol–water partition coefficient (Wildman–Crippen LogP) is 2.39. The van der Waals surface area contributed by atoms with Crippen molar-refractivity contribution in [3.05, 3.63) is 47.4 Å². The summed E-state index contributed by atoms with van der Waals surface area (Å²) in [5.74, 6) is 0.738. The molecule has 2 N–H and O–H groups in total. The minimum Gasteiger partial charge on any atom is -0.397 e. The Kier molecular flexibility index (Phi) is 3.99. The zero-order valence-corrected chi connectivity index (χ0v) is 10.9. The summed E-state index contributed by atoms with van der Waals surface area (Å²) >= 11 is 6.11. The van der Waals surface area contributed by atoms with Crippen molar-refractivity contribution in [2.24, 2.45) is 0 Å². The van der Waals surface area contributed by atoms with Gasteiger partial charge >= 0.3 is 0 Å². The second-order valence-electron chi connectivity index (χ2n) is 4.07. The Morgan fingerprint density at radius 2 is 2.17 bits per heavy atom. The first kappa shape index (κ1) is 12.6. The highest BCUT2D eigenvalue weighted by Crippen LogP contribution is 2.23. The van der Waals surface area contributed by atoms with Gasteiger partial charge in [-0.1, -0.05) is 17.7 Å². The molecule has 2 rings (SSSR count). The van der Waals surface area contributed by atoms with Crippen LogP contribution in [0.5, 0.6) is 0 Å². The third-order valence-electron chi connectivity index (χ3n) is 2.63. The average molecular weight is 263 g/mol.